The van der Waals surface area contributed by atoms with Crippen LogP contribution in [0, 0.1) is 0 Å². The molecule has 0 rings (SSSR count). The predicted octanol–water partition coefficient (Wildman–Crippen LogP) is 5.78. The average molecular weight is 458 g/mol. The number of nitrogens with one attached hydrogen (secondary N) is 1. The lowest BCUT2D eigenvalue weighted by Crippen LogP contribution is -2.25. The van der Waals surface area contributed by atoms with E-state index in [1.807, 2.05) is 0 Å². The van der Waals surface area contributed by atoms with Crippen molar-refractivity contribution in [3.8, 4) is 0 Å². The fraction of sp³-hybridized carbons (Fsp3) is 0.500. The molecule has 0 radical (unpaired) electrons. The third kappa shape index (κ3) is 24.7. The van der Waals surface area contributed by atoms with Crippen LogP contribution in [0.25, 0.3) is 0 Å². The van der Waals surface area contributed by atoms with Gasteiger partial charge in [0.25, 0.3) is 0 Å². The van der Waals surface area contributed by atoms with Crippen LogP contribution in [0.3, 0.4) is 0 Å². The number of hydrogen-bond acceptors (Lipinski definition) is 4. The zero-order chi connectivity index (χ0) is 22.3. The summed E-state index contributed by atoms with van der Waals surface area (Å²) in [6.45, 7) is 2.45. The van der Waals surface area contributed by atoms with Gasteiger partial charge in [0.1, 0.15) is 0 Å². The number of amides is 1. The number of phosphoric acid groups is 1. The number of allylic oxidation sites excluding steroid dienone is 10. The monoisotopic (exact) mass is 457 g/mol. The Morgan fingerprint density at radius 2 is 1.40 bits per heavy atom. The Morgan fingerprint density at radius 3 is 1.90 bits per heavy atom. The topological polar surface area (TPSA) is 95.9 Å². The largest absolute Gasteiger partial charge is 0.480 e. The highest BCUT2D eigenvalue weighted by Gasteiger charge is 2.13. The minimum absolute atomic E-state index is 0.0702. The first-order chi connectivity index (χ1) is 14.5. The maximum atomic E-state index is 11.6. The Labute approximate surface area is 185 Å². The fourth-order valence-corrected chi connectivity index (χ4v) is 3.21. The van der Waals surface area contributed by atoms with Crippen LogP contribution in [0.2, 0.25) is 0 Å². The molecule has 0 saturated heterocycles. The number of carbonyl (C=O) groups excluding carboxylic acids is 1. The van der Waals surface area contributed by atoms with Crippen LogP contribution in [0.5, 0.6) is 0 Å². The van der Waals surface area contributed by atoms with Crippen molar-refractivity contribution in [3.05, 3.63) is 60.8 Å². The van der Waals surface area contributed by atoms with Gasteiger partial charge in [-0.1, -0.05) is 67.7 Å². The molecular formula is C22H36NO5PS. The number of carbonyl (C=O) groups is 1. The van der Waals surface area contributed by atoms with E-state index < -0.39 is 7.82 Å². The molecule has 170 valence electrons. The molecule has 0 fully saturated rings. The smallest absolute Gasteiger partial charge is 0.355 e. The number of unbranched alkanes of at least 4 members (excludes halogenated alkanes) is 1. The molecule has 0 aromatic rings. The van der Waals surface area contributed by atoms with Crippen molar-refractivity contribution in [2.24, 2.45) is 0 Å². The van der Waals surface area contributed by atoms with E-state index in [-0.39, 0.29) is 11.7 Å². The van der Waals surface area contributed by atoms with Crippen molar-refractivity contribution < 1.29 is 23.1 Å². The summed E-state index contributed by atoms with van der Waals surface area (Å²) in [7, 11) is -4.45. The highest BCUT2D eigenvalue weighted by atomic mass is 32.2. The zero-order valence-corrected chi connectivity index (χ0v) is 19.5. The summed E-state index contributed by atoms with van der Waals surface area (Å²) < 4.78 is 14.7. The third-order valence-corrected chi connectivity index (χ3v) is 5.16. The van der Waals surface area contributed by atoms with Gasteiger partial charge in [0.05, 0.1) is 0 Å². The van der Waals surface area contributed by atoms with Gasteiger partial charge in [-0.3, -0.25) is 4.79 Å². The van der Waals surface area contributed by atoms with Gasteiger partial charge < -0.3 is 15.1 Å². The molecular weight excluding hydrogens is 421 g/mol. The molecule has 0 unspecified atom stereocenters. The zero-order valence-electron chi connectivity index (χ0n) is 17.8. The van der Waals surface area contributed by atoms with E-state index >= 15 is 0 Å². The van der Waals surface area contributed by atoms with Gasteiger partial charge >= 0.3 is 7.82 Å². The maximum Gasteiger partial charge on any atom is 0.480 e. The van der Waals surface area contributed by atoms with E-state index in [4.69, 9.17) is 9.79 Å². The molecule has 8 heteroatoms. The Morgan fingerprint density at radius 1 is 0.900 bits per heavy atom. The molecule has 0 atom stereocenters. The molecule has 0 bridgehead atoms. The lowest BCUT2D eigenvalue weighted by atomic mass is 10.2. The second-order valence-electron chi connectivity index (χ2n) is 6.34. The average Bonchev–Trinajstić information content (AvgIpc) is 2.69. The summed E-state index contributed by atoms with van der Waals surface area (Å²) in [6, 6.07) is 0. The van der Waals surface area contributed by atoms with Gasteiger partial charge in [0, 0.05) is 30.8 Å². The van der Waals surface area contributed by atoms with E-state index in [0.29, 0.717) is 25.0 Å². The molecule has 0 aliphatic heterocycles. The van der Waals surface area contributed by atoms with Crippen LogP contribution in [0.4, 0.5) is 0 Å². The van der Waals surface area contributed by atoms with Gasteiger partial charge in [-0.15, -0.1) is 0 Å². The molecule has 1 amide bonds. The van der Waals surface area contributed by atoms with Crippen LogP contribution in [0.15, 0.2) is 60.8 Å². The molecule has 0 spiro atoms. The standard InChI is InChI=1S/C22H36NO5PS/c1-2-3-4-5-6-7-8-9-10-11-12-13-14-15-16-17-18-19-22(24)23-20-21-30-28-29(25,26)27/h3-4,6-7,9-10,12-13,15-16H,2,5,8,11,14,17-21H2,1H3,(H,23,24)(H2,25,26,27). The summed E-state index contributed by atoms with van der Waals surface area (Å²) in [5.74, 6) is 0.213. The molecule has 0 aromatic heterocycles. The molecule has 30 heavy (non-hydrogen) atoms. The molecule has 0 aliphatic rings. The van der Waals surface area contributed by atoms with Crippen molar-refractivity contribution in [3.63, 3.8) is 0 Å². The van der Waals surface area contributed by atoms with E-state index in [1.165, 1.54) is 0 Å². The summed E-state index contributed by atoms with van der Waals surface area (Å²) >= 11 is 0.648. The predicted molar refractivity (Wildman–Crippen MR) is 127 cm³/mol. The van der Waals surface area contributed by atoms with Crippen molar-refractivity contribution in [2.45, 2.75) is 58.3 Å². The SMILES string of the molecule is CCC=CCC=CCC=CCC=CCC=CCCCC(=O)NCCSOP(=O)(O)O. The van der Waals surface area contributed by atoms with Crippen molar-refractivity contribution >= 4 is 25.8 Å². The van der Waals surface area contributed by atoms with E-state index in [0.717, 1.165) is 44.9 Å². The Balaban J connectivity index is 3.53. The molecule has 0 saturated carbocycles. The first-order valence-electron chi connectivity index (χ1n) is 10.3. The van der Waals surface area contributed by atoms with Crippen LogP contribution < -0.4 is 5.32 Å². The summed E-state index contributed by atoms with van der Waals surface area (Å²) in [5, 5.41) is 2.68. The number of rotatable bonds is 18. The summed E-state index contributed by atoms with van der Waals surface area (Å²) in [6.07, 6.45) is 28.5. The van der Waals surface area contributed by atoms with Crippen LogP contribution in [0.1, 0.15) is 58.3 Å². The Kier molecular flexibility index (Phi) is 19.9. The molecule has 0 heterocycles. The highest BCUT2D eigenvalue weighted by molar-refractivity contribution is 7.97. The third-order valence-electron chi connectivity index (χ3n) is 3.59. The van der Waals surface area contributed by atoms with Gasteiger partial charge in [-0.05, 0) is 44.9 Å². The van der Waals surface area contributed by atoms with Gasteiger partial charge in [-0.25, -0.2) is 8.54 Å². The second-order valence-corrected chi connectivity index (χ2v) is 8.56. The summed E-state index contributed by atoms with van der Waals surface area (Å²) in [5.41, 5.74) is 0. The molecule has 0 aromatic carbocycles. The fourth-order valence-electron chi connectivity index (χ4n) is 2.18. The van der Waals surface area contributed by atoms with Gasteiger partial charge in [-0.2, -0.15) is 0 Å². The molecule has 0 aliphatic carbocycles. The van der Waals surface area contributed by atoms with Gasteiger partial charge in [0.15, 0.2) is 0 Å². The van der Waals surface area contributed by atoms with Crippen molar-refractivity contribution in [1.29, 1.82) is 0 Å². The van der Waals surface area contributed by atoms with E-state index in [1.54, 1.807) is 0 Å². The minimum atomic E-state index is -4.45. The lowest BCUT2D eigenvalue weighted by molar-refractivity contribution is -0.121. The first kappa shape index (κ1) is 28.6. The second kappa shape index (κ2) is 20.9. The summed E-state index contributed by atoms with van der Waals surface area (Å²) in [4.78, 5) is 28.6. The number of hydrogen-bond donors (Lipinski definition) is 3. The highest BCUT2D eigenvalue weighted by Crippen LogP contribution is 2.40. The quantitative estimate of drug-likeness (QED) is 0.104. The first-order valence-corrected chi connectivity index (χ1v) is 12.8. The normalized spacial score (nSPS) is 13.0. The minimum Gasteiger partial charge on any atom is -0.355 e. The maximum absolute atomic E-state index is 11.6. The van der Waals surface area contributed by atoms with E-state index in [2.05, 4.69) is 77.0 Å². The van der Waals surface area contributed by atoms with Crippen molar-refractivity contribution in [1.82, 2.24) is 5.32 Å². The van der Waals surface area contributed by atoms with Gasteiger partial charge in [0.2, 0.25) is 5.91 Å². The lowest BCUT2D eigenvalue weighted by Gasteiger charge is -2.05. The van der Waals surface area contributed by atoms with Crippen LogP contribution in [-0.2, 0) is 13.3 Å². The Hall–Kier alpha value is -1.37. The van der Waals surface area contributed by atoms with Crippen LogP contribution >= 0.6 is 19.9 Å². The van der Waals surface area contributed by atoms with Crippen molar-refractivity contribution in [2.75, 3.05) is 12.3 Å². The molecule has 6 nitrogen and oxygen atoms in total. The molecule has 3 N–H and O–H groups in total. The van der Waals surface area contributed by atoms with E-state index in [9.17, 15) is 9.36 Å². The Bertz CT molecular complexity index is 623. The van der Waals surface area contributed by atoms with Crippen LogP contribution in [-0.4, -0.2) is 28.0 Å².